The van der Waals surface area contributed by atoms with Crippen LogP contribution in [-0.4, -0.2) is 30.5 Å². The van der Waals surface area contributed by atoms with Crippen LogP contribution in [0.1, 0.15) is 28.8 Å². The summed E-state index contributed by atoms with van der Waals surface area (Å²) in [6.07, 6.45) is 3.06. The number of methoxy groups -OCH3 is 1. The van der Waals surface area contributed by atoms with Gasteiger partial charge in [0.25, 0.3) is 5.91 Å². The van der Waals surface area contributed by atoms with Gasteiger partial charge < -0.3 is 9.64 Å². The average Bonchev–Trinajstić information content (AvgIpc) is 3.04. The number of likely N-dealkylation sites (tertiary alicyclic amines) is 1. The smallest absolute Gasteiger partial charge is 0.254 e. The maximum Gasteiger partial charge on any atom is 0.254 e. The predicted molar refractivity (Wildman–Crippen MR) is 87.2 cm³/mol. The van der Waals surface area contributed by atoms with E-state index in [9.17, 15) is 4.79 Å². The fourth-order valence-corrected chi connectivity index (χ4v) is 3.10. The van der Waals surface area contributed by atoms with Gasteiger partial charge in [0.1, 0.15) is 5.75 Å². The van der Waals surface area contributed by atoms with Crippen molar-refractivity contribution in [2.24, 2.45) is 0 Å². The SMILES string of the molecule is COc1ccc(C[C@@H]2CCCN2C(=O)c2ccccc2)cc1. The zero-order valence-electron chi connectivity index (χ0n) is 12.9. The van der Waals surface area contributed by atoms with Gasteiger partial charge in [0.2, 0.25) is 0 Å². The molecule has 0 bridgehead atoms. The van der Waals surface area contributed by atoms with E-state index in [1.807, 2.05) is 47.4 Å². The zero-order valence-corrected chi connectivity index (χ0v) is 12.9. The van der Waals surface area contributed by atoms with Gasteiger partial charge >= 0.3 is 0 Å². The van der Waals surface area contributed by atoms with Crippen molar-refractivity contribution in [3.8, 4) is 5.75 Å². The molecule has 0 spiro atoms. The van der Waals surface area contributed by atoms with E-state index in [0.29, 0.717) is 6.04 Å². The van der Waals surface area contributed by atoms with E-state index in [4.69, 9.17) is 4.74 Å². The van der Waals surface area contributed by atoms with E-state index in [0.717, 1.165) is 37.1 Å². The molecule has 1 heterocycles. The van der Waals surface area contributed by atoms with Crippen LogP contribution in [-0.2, 0) is 6.42 Å². The Morgan fingerprint density at radius 3 is 2.55 bits per heavy atom. The summed E-state index contributed by atoms with van der Waals surface area (Å²) in [6.45, 7) is 0.856. The lowest BCUT2D eigenvalue weighted by Gasteiger charge is -2.25. The number of benzene rings is 2. The maximum absolute atomic E-state index is 12.7. The first-order valence-corrected chi connectivity index (χ1v) is 7.77. The fourth-order valence-electron chi connectivity index (χ4n) is 3.10. The van der Waals surface area contributed by atoms with Crippen LogP contribution in [0.2, 0.25) is 0 Å². The molecular weight excluding hydrogens is 274 g/mol. The van der Waals surface area contributed by atoms with Crippen molar-refractivity contribution >= 4 is 5.91 Å². The first kappa shape index (κ1) is 14.6. The lowest BCUT2D eigenvalue weighted by atomic mass is 10.0. The standard InChI is InChI=1S/C19H21NO2/c1-22-18-11-9-15(10-12-18)14-17-8-5-13-20(17)19(21)16-6-3-2-4-7-16/h2-4,6-7,9-12,17H,5,8,13-14H2,1H3/t17-/m0/s1. The van der Waals surface area contributed by atoms with E-state index in [-0.39, 0.29) is 5.91 Å². The minimum atomic E-state index is 0.150. The van der Waals surface area contributed by atoms with E-state index >= 15 is 0 Å². The molecule has 1 aliphatic rings. The van der Waals surface area contributed by atoms with Gasteiger partial charge in [0, 0.05) is 18.2 Å². The summed E-state index contributed by atoms with van der Waals surface area (Å²) in [7, 11) is 1.67. The molecule has 1 saturated heterocycles. The van der Waals surface area contributed by atoms with E-state index < -0.39 is 0 Å². The van der Waals surface area contributed by atoms with Crippen molar-refractivity contribution in [1.82, 2.24) is 4.90 Å². The third kappa shape index (κ3) is 3.14. The van der Waals surface area contributed by atoms with Gasteiger partial charge in [-0.25, -0.2) is 0 Å². The minimum absolute atomic E-state index is 0.150. The van der Waals surface area contributed by atoms with Gasteiger partial charge in [0.15, 0.2) is 0 Å². The molecular formula is C19H21NO2. The van der Waals surface area contributed by atoms with Crippen LogP contribution in [0.3, 0.4) is 0 Å². The molecule has 3 heteroatoms. The summed E-state index contributed by atoms with van der Waals surface area (Å²) in [5.41, 5.74) is 2.03. The fraction of sp³-hybridized carbons (Fsp3) is 0.316. The number of rotatable bonds is 4. The van der Waals surface area contributed by atoms with Crippen molar-refractivity contribution in [2.45, 2.75) is 25.3 Å². The number of amides is 1. The van der Waals surface area contributed by atoms with Crippen molar-refractivity contribution in [3.05, 3.63) is 65.7 Å². The number of ether oxygens (including phenoxy) is 1. The van der Waals surface area contributed by atoms with E-state index in [1.54, 1.807) is 7.11 Å². The Bertz CT molecular complexity index is 622. The van der Waals surface area contributed by atoms with Crippen LogP contribution >= 0.6 is 0 Å². The largest absolute Gasteiger partial charge is 0.497 e. The number of carbonyl (C=O) groups is 1. The Labute approximate surface area is 131 Å². The van der Waals surface area contributed by atoms with Crippen LogP contribution in [0.4, 0.5) is 0 Å². The molecule has 0 N–H and O–H groups in total. The quantitative estimate of drug-likeness (QED) is 0.863. The van der Waals surface area contributed by atoms with Crippen molar-refractivity contribution < 1.29 is 9.53 Å². The van der Waals surface area contributed by atoms with Crippen molar-refractivity contribution in [3.63, 3.8) is 0 Å². The van der Waals surface area contributed by atoms with Gasteiger partial charge in [-0.1, -0.05) is 30.3 Å². The maximum atomic E-state index is 12.7. The van der Waals surface area contributed by atoms with Crippen molar-refractivity contribution in [2.75, 3.05) is 13.7 Å². The molecule has 22 heavy (non-hydrogen) atoms. The average molecular weight is 295 g/mol. The number of nitrogens with zero attached hydrogens (tertiary/aromatic N) is 1. The number of hydrogen-bond donors (Lipinski definition) is 0. The van der Waals surface area contributed by atoms with Crippen LogP contribution < -0.4 is 4.74 Å². The van der Waals surface area contributed by atoms with Crippen LogP contribution in [0.5, 0.6) is 5.75 Å². The highest BCUT2D eigenvalue weighted by molar-refractivity contribution is 5.94. The lowest BCUT2D eigenvalue weighted by Crippen LogP contribution is -2.36. The highest BCUT2D eigenvalue weighted by atomic mass is 16.5. The van der Waals surface area contributed by atoms with Crippen LogP contribution in [0.25, 0.3) is 0 Å². The second-order valence-corrected chi connectivity index (χ2v) is 5.71. The first-order chi connectivity index (χ1) is 10.8. The number of carbonyl (C=O) groups excluding carboxylic acids is 1. The van der Waals surface area contributed by atoms with Gasteiger partial charge in [-0.3, -0.25) is 4.79 Å². The van der Waals surface area contributed by atoms with Crippen LogP contribution in [0.15, 0.2) is 54.6 Å². The Morgan fingerprint density at radius 2 is 1.86 bits per heavy atom. The third-order valence-corrected chi connectivity index (χ3v) is 4.29. The first-order valence-electron chi connectivity index (χ1n) is 7.77. The normalized spacial score (nSPS) is 17.5. The summed E-state index contributed by atoms with van der Waals surface area (Å²) in [6, 6.07) is 18.0. The molecule has 0 saturated carbocycles. The molecule has 1 aliphatic heterocycles. The summed E-state index contributed by atoms with van der Waals surface area (Å²) in [5, 5.41) is 0. The molecule has 114 valence electrons. The molecule has 1 atom stereocenters. The third-order valence-electron chi connectivity index (χ3n) is 4.29. The monoisotopic (exact) mass is 295 g/mol. The highest BCUT2D eigenvalue weighted by Gasteiger charge is 2.29. The minimum Gasteiger partial charge on any atom is -0.497 e. The molecule has 1 amide bonds. The van der Waals surface area contributed by atoms with Gasteiger partial charge in [0.05, 0.1) is 7.11 Å². The molecule has 2 aromatic rings. The molecule has 0 aromatic heterocycles. The summed E-state index contributed by atoms with van der Waals surface area (Å²) in [4.78, 5) is 14.7. The predicted octanol–water partition coefficient (Wildman–Crippen LogP) is 3.54. The highest BCUT2D eigenvalue weighted by Crippen LogP contribution is 2.24. The van der Waals surface area contributed by atoms with Gasteiger partial charge in [-0.2, -0.15) is 0 Å². The van der Waals surface area contributed by atoms with Crippen LogP contribution in [0, 0.1) is 0 Å². The van der Waals surface area contributed by atoms with Gasteiger partial charge in [-0.05, 0) is 49.1 Å². The van der Waals surface area contributed by atoms with E-state index in [1.165, 1.54) is 5.56 Å². The Kier molecular flexibility index (Phi) is 4.42. The Hall–Kier alpha value is -2.29. The summed E-state index contributed by atoms with van der Waals surface area (Å²) < 4.78 is 5.19. The zero-order chi connectivity index (χ0) is 15.4. The number of hydrogen-bond acceptors (Lipinski definition) is 2. The molecule has 1 fully saturated rings. The van der Waals surface area contributed by atoms with Gasteiger partial charge in [-0.15, -0.1) is 0 Å². The molecule has 0 radical (unpaired) electrons. The molecule has 0 aliphatic carbocycles. The lowest BCUT2D eigenvalue weighted by molar-refractivity contribution is 0.0736. The second kappa shape index (κ2) is 6.65. The Morgan fingerprint density at radius 1 is 1.14 bits per heavy atom. The van der Waals surface area contributed by atoms with Crippen molar-refractivity contribution in [1.29, 1.82) is 0 Å². The molecule has 3 rings (SSSR count). The molecule has 2 aromatic carbocycles. The molecule has 0 unspecified atom stereocenters. The summed E-state index contributed by atoms with van der Waals surface area (Å²) in [5.74, 6) is 1.02. The summed E-state index contributed by atoms with van der Waals surface area (Å²) >= 11 is 0. The molecule has 3 nitrogen and oxygen atoms in total. The Balaban J connectivity index is 1.71. The van der Waals surface area contributed by atoms with E-state index in [2.05, 4.69) is 12.1 Å². The topological polar surface area (TPSA) is 29.5 Å². The second-order valence-electron chi connectivity index (χ2n) is 5.71.